The van der Waals surface area contributed by atoms with Crippen molar-refractivity contribution in [3.8, 4) is 0 Å². The molecule has 4 N–H and O–H groups in total. The van der Waals surface area contributed by atoms with Crippen molar-refractivity contribution < 1.29 is 13.5 Å². The summed E-state index contributed by atoms with van der Waals surface area (Å²) in [7, 11) is -3.69. The molecule has 96 valence electrons. The summed E-state index contributed by atoms with van der Waals surface area (Å²) in [5, 5.41) is 9.07. The lowest BCUT2D eigenvalue weighted by molar-refractivity contribution is 0.198. The fourth-order valence-electron chi connectivity index (χ4n) is 1.14. The molecule has 0 saturated heterocycles. The molecule has 0 saturated carbocycles. The lowest BCUT2D eigenvalue weighted by Gasteiger charge is -2.12. The summed E-state index contributed by atoms with van der Waals surface area (Å²) in [4.78, 5) is 0.0624. The van der Waals surface area contributed by atoms with Crippen LogP contribution in [0.15, 0.2) is 26.0 Å². The number of nitrogens with one attached hydrogen (secondary N) is 1. The Labute approximate surface area is 117 Å². The van der Waals surface area contributed by atoms with Crippen molar-refractivity contribution in [1.82, 2.24) is 4.72 Å². The second-order valence-electron chi connectivity index (χ2n) is 3.51. The SMILES string of the molecule is CC(O)CNS(=O)(=O)c1c(Br)cc(N)cc1Br. The molecule has 17 heavy (non-hydrogen) atoms. The highest BCUT2D eigenvalue weighted by atomic mass is 79.9. The lowest BCUT2D eigenvalue weighted by atomic mass is 10.3. The van der Waals surface area contributed by atoms with Crippen molar-refractivity contribution in [2.75, 3.05) is 12.3 Å². The number of rotatable bonds is 4. The number of hydrogen-bond donors (Lipinski definition) is 3. The Kier molecular flexibility index (Phi) is 4.96. The number of aliphatic hydroxyl groups is 1. The third kappa shape index (κ3) is 3.92. The average molecular weight is 388 g/mol. The van der Waals surface area contributed by atoms with Crippen LogP contribution in [0.25, 0.3) is 0 Å². The highest BCUT2D eigenvalue weighted by Crippen LogP contribution is 2.32. The predicted octanol–water partition coefficient (Wildman–Crippen LogP) is 1.45. The molecule has 0 bridgehead atoms. The molecule has 0 aliphatic carbocycles. The summed E-state index contributed by atoms with van der Waals surface area (Å²) in [5.41, 5.74) is 6.02. The van der Waals surface area contributed by atoms with E-state index in [1.165, 1.54) is 19.1 Å². The van der Waals surface area contributed by atoms with Crippen LogP contribution in [-0.2, 0) is 10.0 Å². The molecule has 0 spiro atoms. The Morgan fingerprint density at radius 2 is 1.88 bits per heavy atom. The topological polar surface area (TPSA) is 92.4 Å². The molecule has 0 aliphatic heterocycles. The minimum atomic E-state index is -3.69. The highest BCUT2D eigenvalue weighted by molar-refractivity contribution is 9.11. The van der Waals surface area contributed by atoms with Crippen LogP contribution in [-0.4, -0.2) is 26.2 Å². The molecular formula is C9H12Br2N2O3S. The van der Waals surface area contributed by atoms with Crippen LogP contribution in [0.1, 0.15) is 6.92 Å². The summed E-state index contributed by atoms with van der Waals surface area (Å²) >= 11 is 6.30. The van der Waals surface area contributed by atoms with Gasteiger partial charge in [-0.15, -0.1) is 0 Å². The van der Waals surface area contributed by atoms with E-state index in [4.69, 9.17) is 10.8 Å². The van der Waals surface area contributed by atoms with Gasteiger partial charge < -0.3 is 10.8 Å². The van der Waals surface area contributed by atoms with Crippen LogP contribution < -0.4 is 10.5 Å². The van der Waals surface area contributed by atoms with Crippen molar-refractivity contribution in [3.63, 3.8) is 0 Å². The second kappa shape index (κ2) is 5.66. The summed E-state index contributed by atoms with van der Waals surface area (Å²) in [6, 6.07) is 3.00. The maximum Gasteiger partial charge on any atom is 0.242 e. The molecule has 1 atom stereocenters. The smallest absolute Gasteiger partial charge is 0.242 e. The maximum absolute atomic E-state index is 12.0. The van der Waals surface area contributed by atoms with Gasteiger partial charge in [-0.25, -0.2) is 13.1 Å². The van der Waals surface area contributed by atoms with Gasteiger partial charge in [-0.05, 0) is 50.9 Å². The zero-order chi connectivity index (χ0) is 13.2. The predicted molar refractivity (Wildman–Crippen MR) is 73.1 cm³/mol. The zero-order valence-corrected chi connectivity index (χ0v) is 12.9. The minimum Gasteiger partial charge on any atom is -0.399 e. The molecule has 8 heteroatoms. The first-order valence-corrected chi connectivity index (χ1v) is 7.73. The number of hydrogen-bond acceptors (Lipinski definition) is 4. The van der Waals surface area contributed by atoms with Crippen LogP contribution in [0.3, 0.4) is 0 Å². The number of nitrogen functional groups attached to an aromatic ring is 1. The van der Waals surface area contributed by atoms with Crippen LogP contribution in [0, 0.1) is 0 Å². The van der Waals surface area contributed by atoms with Crippen LogP contribution in [0.5, 0.6) is 0 Å². The number of anilines is 1. The van der Waals surface area contributed by atoms with Gasteiger partial charge in [0, 0.05) is 21.2 Å². The van der Waals surface area contributed by atoms with E-state index in [0.717, 1.165) is 0 Å². The Bertz CT molecular complexity index is 494. The average Bonchev–Trinajstić information content (AvgIpc) is 2.12. The first kappa shape index (κ1) is 14.9. The van der Waals surface area contributed by atoms with Gasteiger partial charge in [0.05, 0.1) is 6.10 Å². The Morgan fingerprint density at radius 3 is 2.29 bits per heavy atom. The molecular weight excluding hydrogens is 376 g/mol. The Balaban J connectivity index is 3.16. The molecule has 0 aromatic heterocycles. The van der Waals surface area contributed by atoms with Gasteiger partial charge >= 0.3 is 0 Å². The van der Waals surface area contributed by atoms with Crippen LogP contribution >= 0.6 is 31.9 Å². The first-order valence-electron chi connectivity index (χ1n) is 4.66. The van der Waals surface area contributed by atoms with Crippen molar-refractivity contribution in [3.05, 3.63) is 21.1 Å². The van der Waals surface area contributed by atoms with E-state index in [2.05, 4.69) is 36.6 Å². The Hall–Kier alpha value is -0.150. The number of halogens is 2. The first-order chi connectivity index (χ1) is 7.74. The van der Waals surface area contributed by atoms with E-state index in [9.17, 15) is 8.42 Å². The van der Waals surface area contributed by atoms with E-state index < -0.39 is 16.1 Å². The summed E-state index contributed by atoms with van der Waals surface area (Å²) in [6.07, 6.45) is -0.754. The third-order valence-electron chi connectivity index (χ3n) is 1.86. The van der Waals surface area contributed by atoms with E-state index >= 15 is 0 Å². The molecule has 1 rings (SSSR count). The molecule has 0 heterocycles. The van der Waals surface area contributed by atoms with Crippen molar-refractivity contribution >= 4 is 47.6 Å². The third-order valence-corrected chi connectivity index (χ3v) is 5.16. The molecule has 0 aliphatic rings. The molecule has 0 amide bonds. The summed E-state index contributed by atoms with van der Waals surface area (Å²) < 4.78 is 27.0. The quantitative estimate of drug-likeness (QED) is 0.681. The molecule has 1 aromatic carbocycles. The van der Waals surface area contributed by atoms with Gasteiger partial charge in [-0.1, -0.05) is 0 Å². The lowest BCUT2D eigenvalue weighted by Crippen LogP contribution is -2.31. The largest absolute Gasteiger partial charge is 0.399 e. The minimum absolute atomic E-state index is 0.0500. The van der Waals surface area contributed by atoms with Crippen molar-refractivity contribution in [1.29, 1.82) is 0 Å². The van der Waals surface area contributed by atoms with Crippen LogP contribution in [0.2, 0.25) is 0 Å². The molecule has 0 radical (unpaired) electrons. The summed E-state index contributed by atoms with van der Waals surface area (Å²) in [5.74, 6) is 0. The van der Waals surface area contributed by atoms with E-state index in [0.29, 0.717) is 14.6 Å². The summed E-state index contributed by atoms with van der Waals surface area (Å²) in [6.45, 7) is 1.45. The maximum atomic E-state index is 12.0. The van der Waals surface area contributed by atoms with Gasteiger partial charge in [0.2, 0.25) is 10.0 Å². The van der Waals surface area contributed by atoms with E-state index in [1.54, 1.807) is 0 Å². The van der Waals surface area contributed by atoms with Crippen molar-refractivity contribution in [2.45, 2.75) is 17.9 Å². The zero-order valence-electron chi connectivity index (χ0n) is 8.94. The number of benzene rings is 1. The number of nitrogens with two attached hydrogens (primary N) is 1. The van der Waals surface area contributed by atoms with Gasteiger partial charge in [-0.2, -0.15) is 0 Å². The molecule has 1 aromatic rings. The standard InChI is InChI=1S/C9H12Br2N2O3S/c1-5(14)4-13-17(15,16)9-7(10)2-6(12)3-8(9)11/h2-3,5,13-14H,4,12H2,1H3. The highest BCUT2D eigenvalue weighted by Gasteiger charge is 2.21. The van der Waals surface area contributed by atoms with Crippen LogP contribution in [0.4, 0.5) is 5.69 Å². The Morgan fingerprint density at radius 1 is 1.41 bits per heavy atom. The molecule has 5 nitrogen and oxygen atoms in total. The fraction of sp³-hybridized carbons (Fsp3) is 0.333. The van der Waals surface area contributed by atoms with Gasteiger partial charge in [0.1, 0.15) is 4.90 Å². The second-order valence-corrected chi connectivity index (χ2v) is 6.93. The van der Waals surface area contributed by atoms with Gasteiger partial charge in [0.15, 0.2) is 0 Å². The van der Waals surface area contributed by atoms with E-state index in [-0.39, 0.29) is 11.4 Å². The number of sulfonamides is 1. The molecule has 1 unspecified atom stereocenters. The molecule has 0 fully saturated rings. The van der Waals surface area contributed by atoms with Gasteiger partial charge in [0.25, 0.3) is 0 Å². The van der Waals surface area contributed by atoms with E-state index in [1.807, 2.05) is 0 Å². The monoisotopic (exact) mass is 386 g/mol. The number of aliphatic hydroxyl groups excluding tert-OH is 1. The normalized spacial score (nSPS) is 13.6. The van der Waals surface area contributed by atoms with Gasteiger partial charge in [-0.3, -0.25) is 0 Å². The fourth-order valence-corrected chi connectivity index (χ4v) is 4.88. The van der Waals surface area contributed by atoms with Crippen molar-refractivity contribution in [2.24, 2.45) is 0 Å².